The molecule has 0 bridgehead atoms. The highest BCUT2D eigenvalue weighted by Crippen LogP contribution is 2.21. The number of carbonyl (C=O) groups excluding carboxylic acids is 1. The molecule has 0 aliphatic rings. The second-order valence-corrected chi connectivity index (χ2v) is 5.05. The molecule has 7 heteroatoms. The largest absolute Gasteiger partial charge is 0.463 e. The van der Waals surface area contributed by atoms with E-state index in [-0.39, 0.29) is 17.8 Å². The molecule has 112 valence electrons. The Bertz CT molecular complexity index is 715. The summed E-state index contributed by atoms with van der Waals surface area (Å²) in [7, 11) is 1.46. The van der Waals surface area contributed by atoms with Gasteiger partial charge in [-0.15, -0.1) is 0 Å². The van der Waals surface area contributed by atoms with E-state index < -0.39 is 11.5 Å². The van der Waals surface area contributed by atoms with E-state index in [1.165, 1.54) is 19.2 Å². The van der Waals surface area contributed by atoms with E-state index >= 15 is 0 Å². The summed E-state index contributed by atoms with van der Waals surface area (Å²) in [5.74, 6) is 0.569. The van der Waals surface area contributed by atoms with Crippen molar-refractivity contribution in [3.05, 3.63) is 51.8 Å². The minimum absolute atomic E-state index is 0.0384. The smallest absolute Gasteiger partial charge is 0.271 e. The number of furan rings is 1. The molecule has 1 atom stereocenters. The summed E-state index contributed by atoms with van der Waals surface area (Å²) in [6.07, 6.45) is 0. The van der Waals surface area contributed by atoms with E-state index in [9.17, 15) is 14.7 Å². The third-order valence-corrected chi connectivity index (χ3v) is 3.06. The van der Waals surface area contributed by atoms with Crippen LogP contribution < -0.4 is 10.9 Å². The lowest BCUT2D eigenvalue weighted by Gasteiger charge is -2.21. The molecule has 0 saturated heterocycles. The average molecular weight is 291 g/mol. The minimum atomic E-state index is -1.33. The monoisotopic (exact) mass is 291 g/mol. The highest BCUT2D eigenvalue weighted by atomic mass is 16.4. The molecule has 0 aliphatic heterocycles. The number of nitrogens with zero attached hydrogens (tertiary/aromatic N) is 2. The Morgan fingerprint density at radius 2 is 2.14 bits per heavy atom. The second kappa shape index (κ2) is 5.53. The molecular formula is C14H17N3O4. The molecule has 2 aromatic rings. The number of carbonyl (C=O) groups is 1. The highest BCUT2D eigenvalue weighted by Gasteiger charge is 2.27. The van der Waals surface area contributed by atoms with Crippen molar-refractivity contribution in [2.24, 2.45) is 7.05 Å². The molecule has 0 fully saturated rings. The van der Waals surface area contributed by atoms with Gasteiger partial charge in [-0.2, -0.15) is 5.10 Å². The first-order chi connectivity index (χ1) is 9.79. The van der Waals surface area contributed by atoms with Crippen LogP contribution in [0, 0.1) is 6.92 Å². The summed E-state index contributed by atoms with van der Waals surface area (Å²) >= 11 is 0. The Morgan fingerprint density at radius 3 is 2.71 bits per heavy atom. The number of aliphatic hydroxyl groups is 1. The van der Waals surface area contributed by atoms with Crippen molar-refractivity contribution in [1.29, 1.82) is 0 Å². The SMILES string of the molecule is Cc1ccc(C(C)(O)CNC(=O)c2ccc(=O)n(C)n2)o1. The van der Waals surface area contributed by atoms with Crippen LogP contribution in [0.5, 0.6) is 0 Å². The van der Waals surface area contributed by atoms with Gasteiger partial charge in [-0.3, -0.25) is 9.59 Å². The first-order valence-electron chi connectivity index (χ1n) is 6.41. The summed E-state index contributed by atoms with van der Waals surface area (Å²) in [4.78, 5) is 23.2. The normalized spacial score (nSPS) is 13.7. The molecule has 0 radical (unpaired) electrons. The van der Waals surface area contributed by atoms with Gasteiger partial charge in [0.15, 0.2) is 0 Å². The Hall–Kier alpha value is -2.41. The summed E-state index contributed by atoms with van der Waals surface area (Å²) in [5.41, 5.74) is -1.53. The quantitative estimate of drug-likeness (QED) is 0.845. The van der Waals surface area contributed by atoms with Gasteiger partial charge in [-0.25, -0.2) is 4.68 Å². The predicted molar refractivity (Wildman–Crippen MR) is 74.8 cm³/mol. The molecule has 1 amide bonds. The van der Waals surface area contributed by atoms with Crippen LogP contribution >= 0.6 is 0 Å². The fraction of sp³-hybridized carbons (Fsp3) is 0.357. The van der Waals surface area contributed by atoms with Gasteiger partial charge in [0, 0.05) is 13.1 Å². The molecule has 21 heavy (non-hydrogen) atoms. The summed E-state index contributed by atoms with van der Waals surface area (Å²) in [6, 6.07) is 5.99. The third-order valence-electron chi connectivity index (χ3n) is 3.06. The van der Waals surface area contributed by atoms with Gasteiger partial charge < -0.3 is 14.8 Å². The number of aromatic nitrogens is 2. The molecule has 0 aromatic carbocycles. The van der Waals surface area contributed by atoms with Crippen molar-refractivity contribution in [2.45, 2.75) is 19.4 Å². The topological polar surface area (TPSA) is 97.4 Å². The summed E-state index contributed by atoms with van der Waals surface area (Å²) < 4.78 is 6.43. The Kier molecular flexibility index (Phi) is 3.95. The van der Waals surface area contributed by atoms with Crippen LogP contribution in [0.15, 0.2) is 33.5 Å². The molecule has 2 aromatic heterocycles. The molecule has 2 heterocycles. The number of nitrogens with one attached hydrogen (secondary N) is 1. The van der Waals surface area contributed by atoms with Gasteiger partial charge in [0.2, 0.25) is 0 Å². The first kappa shape index (κ1) is 15.0. The average Bonchev–Trinajstić information content (AvgIpc) is 2.87. The van der Waals surface area contributed by atoms with E-state index in [0.29, 0.717) is 11.5 Å². The molecule has 2 N–H and O–H groups in total. The van der Waals surface area contributed by atoms with Crippen LogP contribution in [0.2, 0.25) is 0 Å². The number of amides is 1. The Morgan fingerprint density at radius 1 is 1.43 bits per heavy atom. The maximum Gasteiger partial charge on any atom is 0.271 e. The number of rotatable bonds is 4. The zero-order chi connectivity index (χ0) is 15.6. The molecule has 0 aliphatic carbocycles. The maximum absolute atomic E-state index is 12.0. The minimum Gasteiger partial charge on any atom is -0.463 e. The van der Waals surface area contributed by atoms with Gasteiger partial charge in [-0.05, 0) is 32.0 Å². The van der Waals surface area contributed by atoms with Crippen molar-refractivity contribution >= 4 is 5.91 Å². The molecule has 0 spiro atoms. The van der Waals surface area contributed by atoms with Crippen LogP contribution in [0.1, 0.15) is 28.9 Å². The molecule has 0 saturated carbocycles. The van der Waals surface area contributed by atoms with Gasteiger partial charge >= 0.3 is 0 Å². The number of hydrogen-bond donors (Lipinski definition) is 2. The van der Waals surface area contributed by atoms with Crippen molar-refractivity contribution in [3.8, 4) is 0 Å². The third kappa shape index (κ3) is 3.38. The summed E-state index contributed by atoms with van der Waals surface area (Å²) in [5, 5.41) is 16.7. The molecule has 7 nitrogen and oxygen atoms in total. The van der Waals surface area contributed by atoms with Crippen molar-refractivity contribution in [1.82, 2.24) is 15.1 Å². The molecular weight excluding hydrogens is 274 g/mol. The number of hydrogen-bond acceptors (Lipinski definition) is 5. The van der Waals surface area contributed by atoms with Crippen LogP contribution in [0.25, 0.3) is 0 Å². The number of aryl methyl sites for hydroxylation is 2. The van der Waals surface area contributed by atoms with Crippen LogP contribution in [-0.4, -0.2) is 27.3 Å². The zero-order valence-electron chi connectivity index (χ0n) is 12.1. The van der Waals surface area contributed by atoms with Crippen LogP contribution in [0.3, 0.4) is 0 Å². The van der Waals surface area contributed by atoms with Gasteiger partial charge in [0.1, 0.15) is 22.8 Å². The van der Waals surface area contributed by atoms with Gasteiger partial charge in [0.25, 0.3) is 11.5 Å². The highest BCUT2D eigenvalue weighted by molar-refractivity contribution is 5.92. The van der Waals surface area contributed by atoms with Crippen molar-refractivity contribution < 1.29 is 14.3 Å². The lowest BCUT2D eigenvalue weighted by Crippen LogP contribution is -2.39. The standard InChI is InChI=1S/C14H17N3O4/c1-9-4-6-11(21-9)14(2,20)8-15-13(19)10-5-7-12(18)17(3)16-10/h4-7,20H,8H2,1-3H3,(H,15,19). The van der Waals surface area contributed by atoms with E-state index in [1.807, 2.05) is 0 Å². The zero-order valence-corrected chi connectivity index (χ0v) is 12.1. The fourth-order valence-electron chi connectivity index (χ4n) is 1.78. The van der Waals surface area contributed by atoms with Gasteiger partial charge in [-0.1, -0.05) is 0 Å². The van der Waals surface area contributed by atoms with E-state index in [1.54, 1.807) is 26.0 Å². The predicted octanol–water partition coefficient (Wildman–Crippen LogP) is 0.319. The summed E-state index contributed by atoms with van der Waals surface area (Å²) in [6.45, 7) is 3.27. The van der Waals surface area contributed by atoms with Gasteiger partial charge in [0.05, 0.1) is 6.54 Å². The van der Waals surface area contributed by atoms with E-state index in [2.05, 4.69) is 10.4 Å². The lowest BCUT2D eigenvalue weighted by molar-refractivity contribution is 0.0322. The van der Waals surface area contributed by atoms with E-state index in [4.69, 9.17) is 4.42 Å². The van der Waals surface area contributed by atoms with Crippen LogP contribution in [0.4, 0.5) is 0 Å². The Balaban J connectivity index is 2.06. The Labute approximate surface area is 121 Å². The molecule has 1 unspecified atom stereocenters. The lowest BCUT2D eigenvalue weighted by atomic mass is 10.0. The first-order valence-corrected chi connectivity index (χ1v) is 6.41. The van der Waals surface area contributed by atoms with E-state index in [0.717, 1.165) is 4.68 Å². The fourth-order valence-corrected chi connectivity index (χ4v) is 1.78. The second-order valence-electron chi connectivity index (χ2n) is 5.05. The van der Waals surface area contributed by atoms with Crippen molar-refractivity contribution in [3.63, 3.8) is 0 Å². The molecule has 2 rings (SSSR count). The maximum atomic E-state index is 12.0. The van der Waals surface area contributed by atoms with Crippen LogP contribution in [-0.2, 0) is 12.6 Å². The van der Waals surface area contributed by atoms with Crippen molar-refractivity contribution in [2.75, 3.05) is 6.54 Å².